The highest BCUT2D eigenvalue weighted by Crippen LogP contribution is 2.35. The molecule has 1 heterocycles. The molecule has 8 heteroatoms. The molecule has 0 fully saturated rings. The highest BCUT2D eigenvalue weighted by Gasteiger charge is 2.29. The van der Waals surface area contributed by atoms with Crippen molar-refractivity contribution in [3.8, 4) is 16.9 Å². The molecule has 8 nitrogen and oxygen atoms in total. The molecule has 4 rings (SSSR count). The van der Waals surface area contributed by atoms with Crippen LogP contribution in [-0.2, 0) is 9.59 Å². The van der Waals surface area contributed by atoms with Gasteiger partial charge in [-0.05, 0) is 29.3 Å². The fourth-order valence-electron chi connectivity index (χ4n) is 3.20. The molecule has 0 atom stereocenters. The summed E-state index contributed by atoms with van der Waals surface area (Å²) >= 11 is 0. The molecule has 0 saturated heterocycles. The number of benzene rings is 3. The molecule has 1 aliphatic rings. The Balaban J connectivity index is 1.48. The second-order valence-electron chi connectivity index (χ2n) is 6.67. The minimum absolute atomic E-state index is 0.186. The van der Waals surface area contributed by atoms with Gasteiger partial charge in [0.05, 0.1) is 10.6 Å². The van der Waals surface area contributed by atoms with Crippen molar-refractivity contribution in [3.05, 3.63) is 82.9 Å². The third-order valence-corrected chi connectivity index (χ3v) is 4.67. The number of carbonyl (C=O) groups excluding carboxylic acids is 2. The molecule has 0 radical (unpaired) electrons. The average Bonchev–Trinajstić information content (AvgIpc) is 2.76. The number of nitrogens with zero attached hydrogens (tertiary/aromatic N) is 2. The lowest BCUT2D eigenvalue weighted by atomic mass is 10.1. The van der Waals surface area contributed by atoms with E-state index >= 15 is 0 Å². The monoisotopic (exact) mass is 403 g/mol. The van der Waals surface area contributed by atoms with E-state index in [-0.39, 0.29) is 24.5 Å². The molecular formula is C22H17N3O5. The van der Waals surface area contributed by atoms with Crippen LogP contribution in [0.4, 0.5) is 17.1 Å². The third kappa shape index (κ3) is 3.97. The van der Waals surface area contributed by atoms with Crippen LogP contribution in [0.2, 0.25) is 0 Å². The van der Waals surface area contributed by atoms with E-state index in [0.29, 0.717) is 11.4 Å². The van der Waals surface area contributed by atoms with Crippen molar-refractivity contribution < 1.29 is 19.2 Å². The molecule has 0 unspecified atom stereocenters. The maximum Gasteiger partial charge on any atom is 0.271 e. The first-order chi connectivity index (χ1) is 14.5. The van der Waals surface area contributed by atoms with Crippen LogP contribution in [0.5, 0.6) is 5.75 Å². The Morgan fingerprint density at radius 2 is 1.73 bits per heavy atom. The van der Waals surface area contributed by atoms with Gasteiger partial charge >= 0.3 is 0 Å². The van der Waals surface area contributed by atoms with E-state index in [1.807, 2.05) is 42.5 Å². The number of nitrogens with one attached hydrogen (secondary N) is 1. The zero-order chi connectivity index (χ0) is 21.1. The number of amides is 2. The quantitative estimate of drug-likeness (QED) is 0.518. The summed E-state index contributed by atoms with van der Waals surface area (Å²) in [5.41, 5.74) is 2.68. The summed E-state index contributed by atoms with van der Waals surface area (Å²) in [5.74, 6) is -0.548. The summed E-state index contributed by atoms with van der Waals surface area (Å²) in [6.07, 6.45) is 0. The van der Waals surface area contributed by atoms with Crippen LogP contribution in [0.25, 0.3) is 11.1 Å². The lowest BCUT2D eigenvalue weighted by Gasteiger charge is -2.28. The zero-order valence-electron chi connectivity index (χ0n) is 15.8. The van der Waals surface area contributed by atoms with Crippen LogP contribution in [-0.4, -0.2) is 29.9 Å². The molecule has 0 aromatic heterocycles. The number of nitro groups is 1. The van der Waals surface area contributed by atoms with Gasteiger partial charge in [-0.25, -0.2) is 0 Å². The van der Waals surface area contributed by atoms with Crippen LogP contribution in [0.3, 0.4) is 0 Å². The molecule has 0 bridgehead atoms. The van der Waals surface area contributed by atoms with Crippen molar-refractivity contribution in [2.45, 2.75) is 0 Å². The molecule has 2 amide bonds. The lowest BCUT2D eigenvalue weighted by molar-refractivity contribution is -0.384. The van der Waals surface area contributed by atoms with Gasteiger partial charge in [-0.1, -0.05) is 42.5 Å². The Morgan fingerprint density at radius 3 is 2.43 bits per heavy atom. The van der Waals surface area contributed by atoms with Gasteiger partial charge in [-0.3, -0.25) is 24.6 Å². The van der Waals surface area contributed by atoms with E-state index in [1.54, 1.807) is 12.1 Å². The number of anilines is 2. The molecule has 3 aromatic rings. The molecule has 1 aliphatic heterocycles. The van der Waals surface area contributed by atoms with Gasteiger partial charge in [0.1, 0.15) is 12.3 Å². The minimum Gasteiger partial charge on any atom is -0.482 e. The smallest absolute Gasteiger partial charge is 0.271 e. The van der Waals surface area contributed by atoms with Crippen molar-refractivity contribution in [2.75, 3.05) is 23.4 Å². The van der Waals surface area contributed by atoms with Crippen LogP contribution in [0.15, 0.2) is 72.8 Å². The van der Waals surface area contributed by atoms with Crippen molar-refractivity contribution in [2.24, 2.45) is 0 Å². The van der Waals surface area contributed by atoms with E-state index in [0.717, 1.165) is 11.1 Å². The third-order valence-electron chi connectivity index (χ3n) is 4.67. The Kier molecular flexibility index (Phi) is 5.13. The molecule has 150 valence electrons. The first kappa shape index (κ1) is 19.1. The van der Waals surface area contributed by atoms with E-state index in [4.69, 9.17) is 4.74 Å². The SMILES string of the molecule is O=C(CN1C(=O)COc2ccc([N+](=O)[O-])cc21)Nc1ccc(-c2ccccc2)cc1. The molecule has 3 aromatic carbocycles. The summed E-state index contributed by atoms with van der Waals surface area (Å²) in [6.45, 7) is -0.513. The summed E-state index contributed by atoms with van der Waals surface area (Å²) in [6, 6.07) is 21.1. The highest BCUT2D eigenvalue weighted by atomic mass is 16.6. The van der Waals surface area contributed by atoms with Gasteiger partial charge in [0.25, 0.3) is 11.6 Å². The van der Waals surface area contributed by atoms with E-state index in [1.165, 1.54) is 23.1 Å². The standard InChI is InChI=1S/C22H17N3O5/c26-21(23-17-8-6-16(7-9-17)15-4-2-1-3-5-15)13-24-19-12-18(25(28)29)10-11-20(19)30-14-22(24)27/h1-12H,13-14H2,(H,23,26). The first-order valence-electron chi connectivity index (χ1n) is 9.18. The fourth-order valence-corrected chi connectivity index (χ4v) is 3.20. The van der Waals surface area contributed by atoms with E-state index in [2.05, 4.69) is 5.32 Å². The maximum atomic E-state index is 12.5. The van der Waals surface area contributed by atoms with Crippen LogP contribution < -0.4 is 15.0 Å². The summed E-state index contributed by atoms with van der Waals surface area (Å²) in [7, 11) is 0. The van der Waals surface area contributed by atoms with Gasteiger partial charge in [0.2, 0.25) is 5.91 Å². The molecule has 0 aliphatic carbocycles. The van der Waals surface area contributed by atoms with Crippen molar-refractivity contribution in [1.82, 2.24) is 0 Å². The highest BCUT2D eigenvalue weighted by molar-refractivity contribution is 6.05. The second kappa shape index (κ2) is 8.04. The van der Waals surface area contributed by atoms with Crippen molar-refractivity contribution in [1.29, 1.82) is 0 Å². The maximum absolute atomic E-state index is 12.5. The first-order valence-corrected chi connectivity index (χ1v) is 9.18. The molecule has 0 spiro atoms. The molecule has 30 heavy (non-hydrogen) atoms. The summed E-state index contributed by atoms with van der Waals surface area (Å²) < 4.78 is 5.31. The Labute approximate surface area is 171 Å². The van der Waals surface area contributed by atoms with Crippen LogP contribution in [0, 0.1) is 10.1 Å². The van der Waals surface area contributed by atoms with Gasteiger partial charge in [-0.15, -0.1) is 0 Å². The summed E-state index contributed by atoms with van der Waals surface area (Å²) in [4.78, 5) is 36.5. The van der Waals surface area contributed by atoms with Crippen LogP contribution >= 0.6 is 0 Å². The van der Waals surface area contributed by atoms with Crippen molar-refractivity contribution in [3.63, 3.8) is 0 Å². The number of nitro benzene ring substituents is 1. The average molecular weight is 403 g/mol. The normalized spacial score (nSPS) is 12.7. The topological polar surface area (TPSA) is 102 Å². The summed E-state index contributed by atoms with van der Waals surface area (Å²) in [5, 5.41) is 13.8. The fraction of sp³-hybridized carbons (Fsp3) is 0.0909. The number of hydrogen-bond acceptors (Lipinski definition) is 5. The number of non-ortho nitro benzene ring substituents is 1. The predicted molar refractivity (Wildman–Crippen MR) is 111 cm³/mol. The Bertz CT molecular complexity index is 1110. The number of hydrogen-bond donors (Lipinski definition) is 1. The Morgan fingerprint density at radius 1 is 1.03 bits per heavy atom. The largest absolute Gasteiger partial charge is 0.482 e. The van der Waals surface area contributed by atoms with Gasteiger partial charge in [0, 0.05) is 17.8 Å². The lowest BCUT2D eigenvalue weighted by Crippen LogP contribution is -2.43. The van der Waals surface area contributed by atoms with E-state index < -0.39 is 16.7 Å². The minimum atomic E-state index is -0.564. The predicted octanol–water partition coefficient (Wildman–Crippen LogP) is 3.63. The van der Waals surface area contributed by atoms with Gasteiger partial charge in [-0.2, -0.15) is 0 Å². The second-order valence-corrected chi connectivity index (χ2v) is 6.67. The van der Waals surface area contributed by atoms with Gasteiger partial charge < -0.3 is 10.1 Å². The Hall–Kier alpha value is -4.20. The number of fused-ring (bicyclic) bond motifs is 1. The van der Waals surface area contributed by atoms with E-state index in [9.17, 15) is 19.7 Å². The van der Waals surface area contributed by atoms with Crippen LogP contribution in [0.1, 0.15) is 0 Å². The molecular weight excluding hydrogens is 386 g/mol. The number of carbonyl (C=O) groups is 2. The number of rotatable bonds is 5. The van der Waals surface area contributed by atoms with Crippen molar-refractivity contribution >= 4 is 28.9 Å². The molecule has 1 N–H and O–H groups in total. The zero-order valence-corrected chi connectivity index (χ0v) is 15.8. The molecule has 0 saturated carbocycles. The van der Waals surface area contributed by atoms with Gasteiger partial charge in [0.15, 0.2) is 6.61 Å². The number of ether oxygens (including phenoxy) is 1.